The van der Waals surface area contributed by atoms with E-state index in [0.29, 0.717) is 12.8 Å². The molecule has 2 aliphatic heterocycles. The van der Waals surface area contributed by atoms with Crippen molar-refractivity contribution in [2.45, 2.75) is 150 Å². The molecule has 16 nitrogen and oxygen atoms in total. The zero-order valence-corrected chi connectivity index (χ0v) is 36.5. The number of fused-ring (bicyclic) bond motifs is 1. The van der Waals surface area contributed by atoms with Gasteiger partial charge in [-0.05, 0) is 61.3 Å². The lowest BCUT2D eigenvalue weighted by Gasteiger charge is -2.33. The molecule has 1 unspecified atom stereocenters. The van der Waals surface area contributed by atoms with Crippen molar-refractivity contribution in [1.29, 1.82) is 0 Å². The van der Waals surface area contributed by atoms with Crippen LogP contribution in [-0.4, -0.2) is 107 Å². The molecule has 59 heavy (non-hydrogen) atoms. The second-order valence-electron chi connectivity index (χ2n) is 17.7. The molecule has 3 rings (SSSR count). The number of carbonyl (C=O) groups excluding carboxylic acids is 8. The van der Waals surface area contributed by atoms with Gasteiger partial charge in [0.25, 0.3) is 0 Å². The van der Waals surface area contributed by atoms with E-state index in [1.54, 1.807) is 79.7 Å². The number of nitrogens with zero attached hydrogens (tertiary/aromatic N) is 1. The summed E-state index contributed by atoms with van der Waals surface area (Å²) in [6.07, 6.45) is -0.366. The number of ether oxygens (including phenoxy) is 1. The Bertz CT molecular complexity index is 1670. The molecule has 0 radical (unpaired) electrons. The third-order valence-electron chi connectivity index (χ3n) is 10.7. The van der Waals surface area contributed by atoms with Gasteiger partial charge in [-0.2, -0.15) is 0 Å². The van der Waals surface area contributed by atoms with Gasteiger partial charge in [0.1, 0.15) is 48.4 Å². The Kier molecular flexibility index (Phi) is 17.9. The summed E-state index contributed by atoms with van der Waals surface area (Å²) in [6.45, 7) is 19.2. The van der Waals surface area contributed by atoms with E-state index in [4.69, 9.17) is 4.74 Å². The van der Waals surface area contributed by atoms with E-state index in [-0.39, 0.29) is 25.3 Å². The first-order valence-electron chi connectivity index (χ1n) is 21.0. The highest BCUT2D eigenvalue weighted by Gasteiger charge is 2.43. The maximum Gasteiger partial charge on any atom is 0.329 e. The minimum atomic E-state index is -1.57. The number of hydrogen-bond donors (Lipinski definition) is 6. The van der Waals surface area contributed by atoms with Gasteiger partial charge < -0.3 is 41.5 Å². The summed E-state index contributed by atoms with van der Waals surface area (Å²) in [6, 6.07) is 0.815. The van der Waals surface area contributed by atoms with Crippen LogP contribution in [0.25, 0.3) is 0 Å². The summed E-state index contributed by atoms with van der Waals surface area (Å²) in [5.74, 6) is -7.13. The normalized spacial score (nSPS) is 26.0. The van der Waals surface area contributed by atoms with Crippen LogP contribution in [0.5, 0.6) is 0 Å². The number of rotatable bonds is 11. The Morgan fingerprint density at radius 2 is 1.29 bits per heavy atom. The molecule has 0 bridgehead atoms. The lowest BCUT2D eigenvalue weighted by Crippen LogP contribution is -2.62. The highest BCUT2D eigenvalue weighted by atomic mass is 16.5. The molecule has 0 saturated carbocycles. The minimum absolute atomic E-state index is 0.00552. The summed E-state index contributed by atoms with van der Waals surface area (Å²) in [5, 5.41) is 16.5. The monoisotopic (exact) mass is 826 g/mol. The summed E-state index contributed by atoms with van der Waals surface area (Å²) in [5.41, 5.74) is 0.736. The van der Waals surface area contributed by atoms with Crippen LogP contribution in [-0.2, 0) is 49.5 Å². The lowest BCUT2D eigenvalue weighted by atomic mass is 9.98. The van der Waals surface area contributed by atoms with Gasteiger partial charge in [0.2, 0.25) is 41.4 Å². The Morgan fingerprint density at radius 1 is 0.746 bits per heavy atom. The molecule has 0 spiro atoms. The minimum Gasteiger partial charge on any atom is -0.458 e. The van der Waals surface area contributed by atoms with Gasteiger partial charge in [0, 0.05) is 6.54 Å². The smallest absolute Gasteiger partial charge is 0.329 e. The van der Waals surface area contributed by atoms with Crippen molar-refractivity contribution in [2.75, 3.05) is 6.54 Å². The lowest BCUT2D eigenvalue weighted by molar-refractivity contribution is -0.157. The van der Waals surface area contributed by atoms with Crippen LogP contribution < -0.4 is 31.9 Å². The molecule has 2 heterocycles. The van der Waals surface area contributed by atoms with Crippen molar-refractivity contribution in [2.24, 2.45) is 29.6 Å². The van der Waals surface area contributed by atoms with Crippen LogP contribution in [0, 0.1) is 29.6 Å². The summed E-state index contributed by atoms with van der Waals surface area (Å²) < 4.78 is 5.86. The molecule has 6 N–H and O–H groups in total. The predicted octanol–water partition coefficient (Wildman–Crippen LogP) is 1.74. The molecule has 2 fully saturated rings. The average molecular weight is 826 g/mol. The third-order valence-corrected chi connectivity index (χ3v) is 10.7. The van der Waals surface area contributed by atoms with E-state index in [2.05, 4.69) is 31.9 Å². The van der Waals surface area contributed by atoms with Crippen LogP contribution in [0.2, 0.25) is 0 Å². The fourth-order valence-corrected chi connectivity index (χ4v) is 7.27. The quantitative estimate of drug-likeness (QED) is 0.179. The van der Waals surface area contributed by atoms with E-state index < -0.39 is 119 Å². The first-order valence-corrected chi connectivity index (χ1v) is 21.0. The maximum absolute atomic E-state index is 14.4. The Morgan fingerprint density at radius 3 is 1.81 bits per heavy atom. The molecular weight excluding hydrogens is 759 g/mol. The second-order valence-corrected chi connectivity index (χ2v) is 17.7. The fraction of sp³-hybridized carbons (Fsp3) is 0.674. The van der Waals surface area contributed by atoms with Crippen molar-refractivity contribution >= 4 is 47.3 Å². The maximum atomic E-state index is 14.4. The second kappa shape index (κ2) is 21.8. The predicted molar refractivity (Wildman–Crippen MR) is 221 cm³/mol. The molecule has 328 valence electrons. The number of amides is 7. The number of carbonyl (C=O) groups is 8. The molecule has 2 aliphatic rings. The van der Waals surface area contributed by atoms with Crippen LogP contribution in [0.4, 0.5) is 0 Å². The first-order chi connectivity index (χ1) is 27.6. The van der Waals surface area contributed by atoms with Crippen molar-refractivity contribution in [3.63, 3.8) is 0 Å². The highest BCUT2D eigenvalue weighted by Crippen LogP contribution is 2.22. The average Bonchev–Trinajstić information content (AvgIpc) is 3.64. The van der Waals surface area contributed by atoms with Crippen molar-refractivity contribution in [3.05, 3.63) is 35.9 Å². The Labute approximate surface area is 348 Å². The number of nitrogens with one attached hydrogen (secondary N) is 6. The van der Waals surface area contributed by atoms with Gasteiger partial charge in [0.05, 0.1) is 6.42 Å². The molecule has 7 amide bonds. The van der Waals surface area contributed by atoms with Gasteiger partial charge in [-0.25, -0.2) is 4.79 Å². The topological polar surface area (TPSA) is 221 Å². The van der Waals surface area contributed by atoms with E-state index >= 15 is 0 Å². The van der Waals surface area contributed by atoms with Crippen LogP contribution in [0.3, 0.4) is 0 Å². The largest absolute Gasteiger partial charge is 0.458 e. The van der Waals surface area contributed by atoms with E-state index in [1.807, 2.05) is 19.9 Å². The summed E-state index contributed by atoms with van der Waals surface area (Å²) >= 11 is 0. The van der Waals surface area contributed by atoms with Gasteiger partial charge >= 0.3 is 5.97 Å². The van der Waals surface area contributed by atoms with Gasteiger partial charge in [-0.1, -0.05) is 99.6 Å². The highest BCUT2D eigenvalue weighted by molar-refractivity contribution is 5.98. The molecule has 1 aromatic carbocycles. The first kappa shape index (κ1) is 48.3. The van der Waals surface area contributed by atoms with Crippen LogP contribution in [0.1, 0.15) is 101 Å². The van der Waals surface area contributed by atoms with Gasteiger partial charge in [-0.15, -0.1) is 0 Å². The number of benzene rings is 1. The Hall–Kier alpha value is -5.02. The number of hydrogen-bond acceptors (Lipinski definition) is 9. The molecule has 1 aromatic rings. The summed E-state index contributed by atoms with van der Waals surface area (Å²) in [7, 11) is 0. The van der Waals surface area contributed by atoms with Crippen LogP contribution >= 0.6 is 0 Å². The zero-order valence-electron chi connectivity index (χ0n) is 36.5. The molecule has 8 atom stereocenters. The van der Waals surface area contributed by atoms with Crippen LogP contribution in [0.15, 0.2) is 30.3 Å². The van der Waals surface area contributed by atoms with E-state index in [1.165, 1.54) is 11.8 Å². The van der Waals surface area contributed by atoms with Crippen molar-refractivity contribution < 1.29 is 43.1 Å². The van der Waals surface area contributed by atoms with E-state index in [0.717, 1.165) is 5.56 Å². The SMILES string of the molecule is CC(C)C[C@H]1NC(=O)[C@@H](NC(=O)[C@@H](NC(=O)Cc2ccccc2)C(C)C)[C@@H](C)OC(=O)C(C(C)C)NC(=O)[C@H](C(C)C)NC(=O)[C@H](C(C)C)NC(=O)[C@@H]2CCCN2C1=O. The summed E-state index contributed by atoms with van der Waals surface area (Å²) in [4.78, 5) is 113. The molecule has 0 aromatic heterocycles. The standard InChI is InChI=1S/C43H67N7O9/c1-22(2)20-29-42(57)50-19-15-18-30(50)37(52)46-33(24(5)6)39(54)47-34(25(7)8)40(55)48-35(26(9)10)43(58)59-27(11)36(41(56)44-29)49-38(53)32(23(3)4)45-31(51)21-28-16-13-12-14-17-28/h12-14,16-17,22-27,29-30,32-36H,15,18-21H2,1-11H3,(H,44,56)(H,45,51)(H,46,52)(H,47,54)(H,48,55)(H,49,53)/t27-,29-,30+,32+,33+,34+,35?,36+/m1/s1. The molecule has 0 aliphatic carbocycles. The van der Waals surface area contributed by atoms with Gasteiger partial charge in [0.15, 0.2) is 0 Å². The number of cyclic esters (lactones) is 1. The Balaban J connectivity index is 2.09. The van der Waals surface area contributed by atoms with Crippen molar-refractivity contribution in [1.82, 2.24) is 36.8 Å². The molecular formula is C43H67N7O9. The molecule has 16 heteroatoms. The molecule has 2 saturated heterocycles. The van der Waals surface area contributed by atoms with Crippen molar-refractivity contribution in [3.8, 4) is 0 Å². The number of esters is 1. The van der Waals surface area contributed by atoms with Gasteiger partial charge in [-0.3, -0.25) is 33.6 Å². The zero-order chi connectivity index (χ0) is 44.3. The van der Waals surface area contributed by atoms with E-state index in [9.17, 15) is 38.4 Å². The third kappa shape index (κ3) is 13.5. The fourth-order valence-electron chi connectivity index (χ4n) is 7.27.